The molecule has 0 amide bonds. The van der Waals surface area contributed by atoms with Gasteiger partial charge in [-0.25, -0.2) is 0 Å². The summed E-state index contributed by atoms with van der Waals surface area (Å²) >= 11 is 0. The van der Waals surface area contributed by atoms with Crippen molar-refractivity contribution < 1.29 is 4.74 Å². The van der Waals surface area contributed by atoms with Crippen molar-refractivity contribution in [3.63, 3.8) is 0 Å². The first-order chi connectivity index (χ1) is 6.86. The molecule has 1 aromatic carbocycles. The Balaban J connectivity index is 2.72. The van der Waals surface area contributed by atoms with Crippen LogP contribution in [0.5, 0.6) is 5.75 Å². The molecule has 0 heterocycles. The number of methoxy groups -OCH3 is 1. The second-order valence-electron chi connectivity index (χ2n) is 2.66. The number of benzene rings is 1. The molecule has 0 bridgehead atoms. The topological polar surface area (TPSA) is 9.23 Å². The van der Waals surface area contributed by atoms with Crippen LogP contribution in [-0.4, -0.2) is 7.11 Å². The molecular weight excluding hydrogens is 172 g/mol. The minimum Gasteiger partial charge on any atom is -0.497 e. The maximum atomic E-state index is 5.10. The zero-order valence-corrected chi connectivity index (χ0v) is 8.10. The largest absolute Gasteiger partial charge is 0.497 e. The van der Waals surface area contributed by atoms with E-state index in [4.69, 9.17) is 11.2 Å². The molecule has 70 valence electrons. The Morgan fingerprint density at radius 1 is 1.36 bits per heavy atom. The van der Waals surface area contributed by atoms with Crippen LogP contribution in [0.3, 0.4) is 0 Å². The van der Waals surface area contributed by atoms with Gasteiger partial charge in [-0.3, -0.25) is 0 Å². The maximum Gasteiger partial charge on any atom is 0.119 e. The lowest BCUT2D eigenvalue weighted by Gasteiger charge is -1.99. The van der Waals surface area contributed by atoms with Gasteiger partial charge in [0.2, 0.25) is 0 Å². The number of hydrogen-bond donors (Lipinski definition) is 0. The Kier molecular flexibility index (Phi) is 4.10. The van der Waals surface area contributed by atoms with E-state index >= 15 is 0 Å². The van der Waals surface area contributed by atoms with E-state index < -0.39 is 0 Å². The second-order valence-corrected chi connectivity index (χ2v) is 2.66. The third kappa shape index (κ3) is 3.20. The first-order valence-electron chi connectivity index (χ1n) is 4.30. The van der Waals surface area contributed by atoms with Crippen LogP contribution in [0.1, 0.15) is 5.56 Å². The predicted molar refractivity (Wildman–Crippen MR) is 60.0 cm³/mol. The standard InChI is InChI=1S/C13H12O/c1-3-4-5-6-8-12-9-7-10-13(11-12)14-2/h1,4-11H,2H3/b5-4+,8-6+. The van der Waals surface area contributed by atoms with Gasteiger partial charge in [0.15, 0.2) is 0 Å². The predicted octanol–water partition coefficient (Wildman–Crippen LogP) is 2.90. The van der Waals surface area contributed by atoms with Crippen LogP contribution in [0.25, 0.3) is 6.08 Å². The van der Waals surface area contributed by atoms with Crippen molar-refractivity contribution in [1.82, 2.24) is 0 Å². The van der Waals surface area contributed by atoms with Crippen molar-refractivity contribution in [2.24, 2.45) is 0 Å². The summed E-state index contributed by atoms with van der Waals surface area (Å²) in [5.74, 6) is 3.27. The molecule has 0 aliphatic rings. The average Bonchev–Trinajstić information content (AvgIpc) is 2.25. The molecule has 0 saturated heterocycles. The number of rotatable bonds is 3. The molecule has 1 rings (SSSR count). The van der Waals surface area contributed by atoms with Crippen molar-refractivity contribution in [2.45, 2.75) is 0 Å². The summed E-state index contributed by atoms with van der Waals surface area (Å²) in [6, 6.07) is 7.82. The molecule has 1 nitrogen and oxygen atoms in total. The maximum absolute atomic E-state index is 5.10. The molecule has 0 aliphatic carbocycles. The van der Waals surface area contributed by atoms with Crippen molar-refractivity contribution in [2.75, 3.05) is 7.11 Å². The number of allylic oxidation sites excluding steroid dienone is 3. The van der Waals surface area contributed by atoms with Crippen molar-refractivity contribution in [3.8, 4) is 18.1 Å². The lowest BCUT2D eigenvalue weighted by molar-refractivity contribution is 0.414. The third-order valence-electron chi connectivity index (χ3n) is 1.69. The van der Waals surface area contributed by atoms with Gasteiger partial charge in [-0.05, 0) is 23.8 Å². The Hall–Kier alpha value is -1.94. The van der Waals surface area contributed by atoms with Gasteiger partial charge in [0, 0.05) is 0 Å². The van der Waals surface area contributed by atoms with E-state index in [0.29, 0.717) is 0 Å². The highest BCUT2D eigenvalue weighted by molar-refractivity contribution is 5.53. The Morgan fingerprint density at radius 3 is 2.93 bits per heavy atom. The monoisotopic (exact) mass is 184 g/mol. The molecule has 0 radical (unpaired) electrons. The molecule has 0 aromatic heterocycles. The van der Waals surface area contributed by atoms with E-state index in [2.05, 4.69) is 5.92 Å². The highest BCUT2D eigenvalue weighted by Gasteiger charge is 1.89. The summed E-state index contributed by atoms with van der Waals surface area (Å²) in [5, 5.41) is 0. The fourth-order valence-corrected chi connectivity index (χ4v) is 1.02. The lowest BCUT2D eigenvalue weighted by atomic mass is 10.2. The first kappa shape index (κ1) is 10.1. The number of hydrogen-bond acceptors (Lipinski definition) is 1. The molecule has 0 saturated carbocycles. The molecule has 1 aromatic rings. The zero-order chi connectivity index (χ0) is 10.2. The van der Waals surface area contributed by atoms with E-state index in [1.807, 2.05) is 42.5 Å². The normalized spacial score (nSPS) is 10.6. The van der Waals surface area contributed by atoms with Gasteiger partial charge >= 0.3 is 0 Å². The summed E-state index contributed by atoms with van der Waals surface area (Å²) < 4.78 is 5.10. The number of ether oxygens (including phenoxy) is 1. The Labute approximate surface area is 84.7 Å². The fourth-order valence-electron chi connectivity index (χ4n) is 1.02. The minimum atomic E-state index is 0.855. The molecule has 1 heteroatoms. The van der Waals surface area contributed by atoms with Gasteiger partial charge in [-0.2, -0.15) is 0 Å². The van der Waals surface area contributed by atoms with Crippen molar-refractivity contribution in [1.29, 1.82) is 0 Å². The van der Waals surface area contributed by atoms with Crippen LogP contribution in [-0.2, 0) is 0 Å². The Bertz CT molecular complexity index is 380. The van der Waals surface area contributed by atoms with Crippen LogP contribution in [0.4, 0.5) is 0 Å². The minimum absolute atomic E-state index is 0.855. The summed E-state index contributed by atoms with van der Waals surface area (Å²) in [7, 11) is 1.65. The van der Waals surface area contributed by atoms with E-state index in [-0.39, 0.29) is 0 Å². The molecular formula is C13H12O. The van der Waals surface area contributed by atoms with Crippen LogP contribution in [0, 0.1) is 12.3 Å². The van der Waals surface area contributed by atoms with Crippen LogP contribution in [0.15, 0.2) is 42.5 Å². The van der Waals surface area contributed by atoms with E-state index in [0.717, 1.165) is 11.3 Å². The van der Waals surface area contributed by atoms with Gasteiger partial charge < -0.3 is 4.74 Å². The van der Waals surface area contributed by atoms with Crippen molar-refractivity contribution >= 4 is 6.08 Å². The first-order valence-corrected chi connectivity index (χ1v) is 4.30. The quantitative estimate of drug-likeness (QED) is 0.518. The summed E-state index contributed by atoms with van der Waals surface area (Å²) in [4.78, 5) is 0. The summed E-state index contributed by atoms with van der Waals surface area (Å²) in [5.41, 5.74) is 1.09. The van der Waals surface area contributed by atoms with Crippen LogP contribution < -0.4 is 4.74 Å². The van der Waals surface area contributed by atoms with Gasteiger partial charge in [0.05, 0.1) is 7.11 Å². The molecule has 0 atom stereocenters. The molecule has 14 heavy (non-hydrogen) atoms. The molecule has 0 spiro atoms. The summed E-state index contributed by atoms with van der Waals surface area (Å²) in [6.45, 7) is 0. The highest BCUT2D eigenvalue weighted by atomic mass is 16.5. The van der Waals surface area contributed by atoms with Crippen molar-refractivity contribution in [3.05, 3.63) is 48.1 Å². The van der Waals surface area contributed by atoms with Gasteiger partial charge in [0.25, 0.3) is 0 Å². The molecule has 0 fully saturated rings. The average molecular weight is 184 g/mol. The van der Waals surface area contributed by atoms with Gasteiger partial charge in [0.1, 0.15) is 5.75 Å². The van der Waals surface area contributed by atoms with Gasteiger partial charge in [-0.15, -0.1) is 6.42 Å². The zero-order valence-electron chi connectivity index (χ0n) is 8.10. The van der Waals surface area contributed by atoms with Crippen LogP contribution in [0.2, 0.25) is 0 Å². The smallest absolute Gasteiger partial charge is 0.119 e. The molecule has 0 N–H and O–H groups in total. The second kappa shape index (κ2) is 5.66. The van der Waals surface area contributed by atoms with E-state index in [1.54, 1.807) is 13.2 Å². The SMILES string of the molecule is C#C/C=C/C=C/c1cccc(OC)c1. The highest BCUT2D eigenvalue weighted by Crippen LogP contribution is 2.13. The number of terminal acetylenes is 1. The van der Waals surface area contributed by atoms with Gasteiger partial charge in [-0.1, -0.05) is 36.3 Å². The molecule has 0 unspecified atom stereocenters. The van der Waals surface area contributed by atoms with Crippen LogP contribution >= 0.6 is 0 Å². The van der Waals surface area contributed by atoms with E-state index in [9.17, 15) is 0 Å². The lowest BCUT2D eigenvalue weighted by Crippen LogP contribution is -1.81. The van der Waals surface area contributed by atoms with E-state index in [1.165, 1.54) is 0 Å². The third-order valence-corrected chi connectivity index (χ3v) is 1.69. The summed E-state index contributed by atoms with van der Waals surface area (Å²) in [6.07, 6.45) is 12.4. The fraction of sp³-hybridized carbons (Fsp3) is 0.0769. The molecule has 0 aliphatic heterocycles. The Morgan fingerprint density at radius 2 is 2.21 bits per heavy atom.